The van der Waals surface area contributed by atoms with Crippen LogP contribution in [0.5, 0.6) is 0 Å². The molecule has 1 atom stereocenters. The number of anilines is 1. The second-order valence-electron chi connectivity index (χ2n) is 8.49. The Morgan fingerprint density at radius 2 is 1.79 bits per heavy atom. The van der Waals surface area contributed by atoms with Crippen LogP contribution < -0.4 is 10.6 Å². The van der Waals surface area contributed by atoms with Crippen molar-refractivity contribution in [3.8, 4) is 0 Å². The zero-order valence-electron chi connectivity index (χ0n) is 19.1. The Morgan fingerprint density at radius 1 is 1.18 bits per heavy atom. The molecule has 2 saturated heterocycles. The van der Waals surface area contributed by atoms with Crippen LogP contribution in [0.4, 0.5) is 10.5 Å². The highest BCUT2D eigenvalue weighted by atomic mass is 32.2. The Balaban J connectivity index is 1.50. The van der Waals surface area contributed by atoms with Gasteiger partial charge in [-0.2, -0.15) is 0 Å². The van der Waals surface area contributed by atoms with Crippen molar-refractivity contribution in [1.29, 1.82) is 0 Å². The van der Waals surface area contributed by atoms with E-state index in [2.05, 4.69) is 14.2 Å². The van der Waals surface area contributed by atoms with Crippen LogP contribution in [-0.4, -0.2) is 100 Å². The second kappa shape index (κ2) is 10.5. The second-order valence-corrected chi connectivity index (χ2v) is 10.1. The van der Waals surface area contributed by atoms with E-state index in [9.17, 15) is 18.0 Å². The number of piperazine rings is 1. The van der Waals surface area contributed by atoms with Gasteiger partial charge >= 0.3 is 12.1 Å². The lowest BCUT2D eigenvalue weighted by Gasteiger charge is -2.34. The summed E-state index contributed by atoms with van der Waals surface area (Å²) in [6.45, 7) is 8.01. The van der Waals surface area contributed by atoms with Gasteiger partial charge in [0.1, 0.15) is 11.9 Å². The molecule has 2 N–H and O–H groups in total. The molecule has 11 nitrogen and oxygen atoms in total. The molecule has 0 aromatic heterocycles. The predicted octanol–water partition coefficient (Wildman–Crippen LogP) is 0.246. The van der Waals surface area contributed by atoms with Gasteiger partial charge in [0.05, 0.1) is 25.4 Å². The molecule has 182 valence electrons. The number of nitrogens with two attached hydrogens (primary N) is 1. The molecule has 33 heavy (non-hydrogen) atoms. The molecule has 12 heteroatoms. The number of esters is 1. The van der Waals surface area contributed by atoms with E-state index in [0.29, 0.717) is 24.3 Å². The van der Waals surface area contributed by atoms with Gasteiger partial charge < -0.3 is 15.2 Å². The lowest BCUT2D eigenvalue weighted by atomic mass is 10.2. The van der Waals surface area contributed by atoms with Gasteiger partial charge in [-0.05, 0) is 38.1 Å². The van der Waals surface area contributed by atoms with Crippen molar-refractivity contribution in [3.63, 3.8) is 0 Å². The topological polar surface area (TPSA) is 135 Å². The fourth-order valence-corrected chi connectivity index (χ4v) is 4.23. The summed E-state index contributed by atoms with van der Waals surface area (Å²) in [6.07, 6.45) is 0.148. The monoisotopic (exact) mass is 481 g/mol. The molecular weight excluding hydrogens is 450 g/mol. The Kier molecular flexibility index (Phi) is 7.92. The number of hydrogen-bond donors (Lipinski definition) is 1. The summed E-state index contributed by atoms with van der Waals surface area (Å²) in [6, 6.07) is 6.59. The molecule has 2 aliphatic rings. The minimum absolute atomic E-state index is 0.109. The molecule has 1 aromatic rings. The first-order chi connectivity index (χ1) is 15.5. The Labute approximate surface area is 194 Å². The first kappa shape index (κ1) is 24.9. The van der Waals surface area contributed by atoms with Crippen LogP contribution in [0.2, 0.25) is 0 Å². The van der Waals surface area contributed by atoms with Crippen molar-refractivity contribution in [2.75, 3.05) is 57.0 Å². The third-order valence-electron chi connectivity index (χ3n) is 5.26. The van der Waals surface area contributed by atoms with Crippen LogP contribution in [0.25, 0.3) is 0 Å². The smallest absolute Gasteiger partial charge is 0.414 e. The van der Waals surface area contributed by atoms with Gasteiger partial charge in [-0.3, -0.25) is 19.5 Å². The fourth-order valence-electron chi connectivity index (χ4n) is 3.77. The third kappa shape index (κ3) is 7.41. The van der Waals surface area contributed by atoms with Crippen molar-refractivity contribution in [2.24, 2.45) is 10.1 Å². The van der Waals surface area contributed by atoms with Crippen LogP contribution >= 0.6 is 0 Å². The maximum atomic E-state index is 12.4. The standard InChI is InChI=1S/C21H31N5O6S/c1-15(2)31-19(27)14-25-10-8-24(9-11-25)12-18-13-26(21(28)32-18)17-6-4-16(5-7-17)20(22)23-33(3,29)30/h4-7,15,18H,8-14H2,1-3H3,(H2,22,23). The SMILES string of the molecule is CC(C)OC(=O)CN1CCN(CC2CN(c3ccc(/C(N)=N\S(C)(=O)=O)cc3)C(=O)O2)CC1. The average Bonchev–Trinajstić information content (AvgIpc) is 3.07. The molecule has 0 saturated carbocycles. The number of amides is 1. The van der Waals surface area contributed by atoms with Gasteiger partial charge in [-0.15, -0.1) is 4.40 Å². The normalized spacial score (nSPS) is 20.8. The van der Waals surface area contributed by atoms with Crippen LogP contribution in [0.15, 0.2) is 28.7 Å². The number of ether oxygens (including phenoxy) is 2. The van der Waals surface area contributed by atoms with Crippen LogP contribution in [0, 0.1) is 0 Å². The molecule has 0 bridgehead atoms. The average molecular weight is 482 g/mol. The van der Waals surface area contributed by atoms with E-state index in [1.807, 2.05) is 13.8 Å². The Hall–Kier alpha value is -2.70. The van der Waals surface area contributed by atoms with Crippen LogP contribution in [0.1, 0.15) is 19.4 Å². The van der Waals surface area contributed by atoms with Crippen molar-refractivity contribution >= 4 is 33.6 Å². The van der Waals surface area contributed by atoms with E-state index in [4.69, 9.17) is 15.2 Å². The van der Waals surface area contributed by atoms with Gasteiger partial charge in [0.2, 0.25) is 0 Å². The molecule has 2 heterocycles. The maximum Gasteiger partial charge on any atom is 0.414 e. The van der Waals surface area contributed by atoms with E-state index in [0.717, 1.165) is 32.4 Å². The van der Waals surface area contributed by atoms with Gasteiger partial charge in [0.15, 0.2) is 0 Å². The lowest BCUT2D eigenvalue weighted by molar-refractivity contribution is -0.149. The molecule has 0 spiro atoms. The number of cyclic esters (lactones) is 1. The van der Waals surface area contributed by atoms with Gasteiger partial charge in [-0.25, -0.2) is 13.2 Å². The minimum Gasteiger partial charge on any atom is -0.462 e. The number of carbonyl (C=O) groups excluding carboxylic acids is 2. The zero-order valence-corrected chi connectivity index (χ0v) is 20.0. The van der Waals surface area contributed by atoms with E-state index in [1.165, 1.54) is 4.90 Å². The summed E-state index contributed by atoms with van der Waals surface area (Å²) in [7, 11) is -3.59. The number of rotatable bonds is 8. The molecule has 2 fully saturated rings. The van der Waals surface area contributed by atoms with E-state index in [-0.39, 0.29) is 30.6 Å². The fraction of sp³-hybridized carbons (Fsp3) is 0.571. The zero-order chi connectivity index (χ0) is 24.2. The first-order valence-corrected chi connectivity index (χ1v) is 12.6. The van der Waals surface area contributed by atoms with E-state index < -0.39 is 16.1 Å². The summed E-state index contributed by atoms with van der Waals surface area (Å²) >= 11 is 0. The molecule has 3 rings (SSSR count). The van der Waals surface area contributed by atoms with Crippen molar-refractivity contribution in [1.82, 2.24) is 9.80 Å². The summed E-state index contributed by atoms with van der Waals surface area (Å²) < 4.78 is 36.7. The van der Waals surface area contributed by atoms with Crippen molar-refractivity contribution in [3.05, 3.63) is 29.8 Å². The van der Waals surface area contributed by atoms with Gasteiger partial charge in [0, 0.05) is 44.0 Å². The molecule has 0 aliphatic carbocycles. The maximum absolute atomic E-state index is 12.4. The number of sulfonamides is 1. The van der Waals surface area contributed by atoms with Gasteiger partial charge in [0.25, 0.3) is 10.0 Å². The highest BCUT2D eigenvalue weighted by Gasteiger charge is 2.34. The summed E-state index contributed by atoms with van der Waals surface area (Å²) in [5, 5.41) is 0. The molecular formula is C21H31N5O6S. The predicted molar refractivity (Wildman–Crippen MR) is 124 cm³/mol. The Morgan fingerprint density at radius 3 is 2.36 bits per heavy atom. The number of carbonyl (C=O) groups is 2. The third-order valence-corrected chi connectivity index (χ3v) is 5.79. The summed E-state index contributed by atoms with van der Waals surface area (Å²) in [4.78, 5) is 30.0. The summed E-state index contributed by atoms with van der Waals surface area (Å²) in [5.74, 6) is -0.322. The highest BCUT2D eigenvalue weighted by molar-refractivity contribution is 7.89. The van der Waals surface area contributed by atoms with Crippen molar-refractivity contribution < 1.29 is 27.5 Å². The quantitative estimate of drug-likeness (QED) is 0.315. The summed E-state index contributed by atoms with van der Waals surface area (Å²) in [5.41, 5.74) is 6.81. The number of nitrogens with zero attached hydrogens (tertiary/aromatic N) is 4. The Bertz CT molecular complexity index is 987. The van der Waals surface area contributed by atoms with Crippen LogP contribution in [-0.2, 0) is 24.3 Å². The molecule has 0 radical (unpaired) electrons. The molecule has 1 amide bonds. The van der Waals surface area contributed by atoms with E-state index in [1.54, 1.807) is 24.3 Å². The van der Waals surface area contributed by atoms with Crippen LogP contribution in [0.3, 0.4) is 0 Å². The number of amidine groups is 1. The molecule has 1 aromatic carbocycles. The number of benzene rings is 1. The van der Waals surface area contributed by atoms with Gasteiger partial charge in [-0.1, -0.05) is 0 Å². The van der Waals surface area contributed by atoms with Crippen molar-refractivity contribution in [2.45, 2.75) is 26.1 Å². The largest absolute Gasteiger partial charge is 0.462 e. The minimum atomic E-state index is -3.59. The lowest BCUT2D eigenvalue weighted by Crippen LogP contribution is -2.50. The highest BCUT2D eigenvalue weighted by Crippen LogP contribution is 2.23. The molecule has 2 aliphatic heterocycles. The number of hydrogen-bond acceptors (Lipinski definition) is 8. The van der Waals surface area contributed by atoms with E-state index >= 15 is 0 Å². The molecule has 1 unspecified atom stereocenters. The first-order valence-electron chi connectivity index (χ1n) is 10.8.